The highest BCUT2D eigenvalue weighted by atomic mass is 32.1. The van der Waals surface area contributed by atoms with E-state index < -0.39 is 6.42 Å². The van der Waals surface area contributed by atoms with Crippen molar-refractivity contribution in [3.05, 3.63) is 47.0 Å². The third kappa shape index (κ3) is 3.41. The van der Waals surface area contributed by atoms with Crippen molar-refractivity contribution in [3.8, 4) is 0 Å². The van der Waals surface area contributed by atoms with Crippen LogP contribution in [0.25, 0.3) is 0 Å². The zero-order valence-corrected chi connectivity index (χ0v) is 15.9. The number of aryl methyl sites for hydroxylation is 1. The molecule has 0 spiro atoms. The second-order valence-corrected chi connectivity index (χ2v) is 7.90. The number of hydrogen-bond donors (Lipinski definition) is 1. The molecule has 0 atom stereocenters. The van der Waals surface area contributed by atoms with E-state index in [0.29, 0.717) is 0 Å². The first-order valence-electron chi connectivity index (χ1n) is 9.30. The van der Waals surface area contributed by atoms with E-state index in [9.17, 15) is 0 Å². The standard InChI is InChI=1S/C19H28BN3S/c1-4-6-12-20(13-7-5-2)22-18(17-10-8-16(3)9-11-17)21-19-23(20)14-15-24-19/h8-11,14-15H,4-7,12-13H2,1-3H3,(H,21,22). The van der Waals surface area contributed by atoms with Crippen LogP contribution in [0.1, 0.15) is 50.7 Å². The number of rotatable bonds is 7. The molecule has 1 N–H and O–H groups in total. The number of anilines is 1. The quantitative estimate of drug-likeness (QED) is 0.697. The second kappa shape index (κ2) is 7.52. The molecule has 1 aliphatic heterocycles. The van der Waals surface area contributed by atoms with Gasteiger partial charge in [-0.25, -0.2) is 5.32 Å². The third-order valence-electron chi connectivity index (χ3n) is 5.11. The minimum Gasteiger partial charge on any atom is -0.416 e. The maximum absolute atomic E-state index is 5.34. The average molecular weight is 341 g/mol. The number of aromatic nitrogens is 1. The summed E-state index contributed by atoms with van der Waals surface area (Å²) in [4.78, 5) is 5.34. The number of nitrogens with zero attached hydrogens (tertiary/aromatic N) is 2. The molecule has 0 radical (unpaired) electrons. The number of nitrogens with one attached hydrogen (secondary N) is 1. The number of unbranched alkanes of at least 4 members (excludes halogenated alkanes) is 2. The summed E-state index contributed by atoms with van der Waals surface area (Å²) < 4.78 is 2.44. The Bertz CT molecular complexity index is 698. The summed E-state index contributed by atoms with van der Waals surface area (Å²) in [5.74, 6) is 1.05. The van der Waals surface area contributed by atoms with Gasteiger partial charge in [-0.3, -0.25) is 0 Å². The van der Waals surface area contributed by atoms with Gasteiger partial charge in [0.2, 0.25) is 0 Å². The Hall–Kier alpha value is -1.62. The number of benzene rings is 1. The van der Waals surface area contributed by atoms with Crippen molar-refractivity contribution in [2.45, 2.75) is 59.1 Å². The summed E-state index contributed by atoms with van der Waals surface area (Å²) in [6.45, 7) is 6.67. The summed E-state index contributed by atoms with van der Waals surface area (Å²) in [6.07, 6.45) is 8.55. The number of fused-ring (bicyclic) bond motifs is 1. The van der Waals surface area contributed by atoms with E-state index in [1.165, 1.54) is 54.6 Å². The van der Waals surface area contributed by atoms with Crippen molar-refractivity contribution in [2.24, 2.45) is 4.90 Å². The van der Waals surface area contributed by atoms with Crippen LogP contribution in [-0.4, -0.2) is 12.3 Å². The Morgan fingerprint density at radius 3 is 2.38 bits per heavy atom. The van der Waals surface area contributed by atoms with Crippen LogP contribution in [0, 0.1) is 6.92 Å². The van der Waals surface area contributed by atoms with Crippen molar-refractivity contribution in [2.75, 3.05) is 5.32 Å². The van der Waals surface area contributed by atoms with Crippen molar-refractivity contribution in [1.29, 1.82) is 0 Å². The van der Waals surface area contributed by atoms with Gasteiger partial charge in [-0.05, 0) is 19.1 Å². The molecule has 0 bridgehead atoms. The zero-order valence-electron chi connectivity index (χ0n) is 15.1. The molecule has 3 rings (SSSR count). The molecule has 5 heteroatoms. The highest BCUT2D eigenvalue weighted by Gasteiger charge is 2.38. The van der Waals surface area contributed by atoms with Crippen LogP contribution in [-0.2, 0) is 0 Å². The van der Waals surface area contributed by atoms with Gasteiger partial charge in [0.25, 0.3) is 5.13 Å². The molecular weight excluding hydrogens is 313 g/mol. The van der Waals surface area contributed by atoms with Gasteiger partial charge in [0.15, 0.2) is 5.84 Å². The van der Waals surface area contributed by atoms with Gasteiger partial charge < -0.3 is 9.38 Å². The molecule has 3 nitrogen and oxygen atoms in total. The molecule has 0 saturated heterocycles. The lowest BCUT2D eigenvalue weighted by Gasteiger charge is -2.37. The van der Waals surface area contributed by atoms with Gasteiger partial charge in [-0.1, -0.05) is 68.6 Å². The molecule has 1 aromatic heterocycles. The smallest absolute Gasteiger partial charge is 0.303 e. The summed E-state index contributed by atoms with van der Waals surface area (Å²) in [6, 6.07) is 8.71. The molecule has 2 heterocycles. The van der Waals surface area contributed by atoms with E-state index in [-0.39, 0.29) is 0 Å². The maximum atomic E-state index is 5.34. The Morgan fingerprint density at radius 1 is 1.08 bits per heavy atom. The Kier molecular flexibility index (Phi) is 5.39. The van der Waals surface area contributed by atoms with Crippen LogP contribution >= 0.6 is 11.3 Å². The fourth-order valence-corrected chi connectivity index (χ4v) is 4.52. The first-order chi connectivity index (χ1) is 11.7. The zero-order chi connectivity index (χ0) is 17.0. The fraction of sp³-hybridized carbons (Fsp3) is 0.474. The molecule has 0 aliphatic carbocycles. The largest absolute Gasteiger partial charge is 0.416 e. The van der Waals surface area contributed by atoms with Crippen LogP contribution < -0.4 is 9.79 Å². The molecule has 2 aromatic rings. The van der Waals surface area contributed by atoms with Crippen molar-refractivity contribution in [1.82, 2.24) is 0 Å². The topological polar surface area (TPSA) is 28.3 Å². The SMILES string of the molecule is CCCC[B-]1(CCCC)N=C(c2ccc(C)cc2)Nc2scc[n+]21. The van der Waals surface area contributed by atoms with E-state index in [1.807, 2.05) is 0 Å². The van der Waals surface area contributed by atoms with Gasteiger partial charge in [-0.15, -0.1) is 12.6 Å². The normalized spacial score (nSPS) is 15.5. The fourth-order valence-electron chi connectivity index (χ4n) is 3.67. The molecule has 0 saturated carbocycles. The maximum Gasteiger partial charge on any atom is 0.303 e. The minimum absolute atomic E-state index is 0.928. The average Bonchev–Trinajstić information content (AvgIpc) is 3.08. The number of hydrogen-bond acceptors (Lipinski definition) is 3. The Labute approximate surface area is 149 Å². The Morgan fingerprint density at radius 2 is 1.75 bits per heavy atom. The van der Waals surface area contributed by atoms with Crippen LogP contribution in [0.15, 0.2) is 40.7 Å². The highest BCUT2D eigenvalue weighted by Crippen LogP contribution is 2.28. The van der Waals surface area contributed by atoms with Crippen molar-refractivity contribution in [3.63, 3.8) is 0 Å². The molecule has 128 valence electrons. The van der Waals surface area contributed by atoms with Crippen LogP contribution in [0.5, 0.6) is 0 Å². The number of thiazole rings is 1. The monoisotopic (exact) mass is 341 g/mol. The Balaban J connectivity index is 2.03. The number of amidine groups is 1. The van der Waals surface area contributed by atoms with E-state index in [1.54, 1.807) is 11.3 Å². The molecule has 1 aliphatic rings. The van der Waals surface area contributed by atoms with Crippen LogP contribution in [0.2, 0.25) is 12.6 Å². The van der Waals surface area contributed by atoms with Crippen molar-refractivity contribution < 1.29 is 4.48 Å². The van der Waals surface area contributed by atoms with E-state index in [4.69, 9.17) is 4.90 Å². The minimum atomic E-state index is -0.928. The second-order valence-electron chi connectivity index (χ2n) is 7.00. The molecule has 0 unspecified atom stereocenters. The van der Waals surface area contributed by atoms with Gasteiger partial charge in [-0.2, -0.15) is 0 Å². The van der Waals surface area contributed by atoms with E-state index in [0.717, 1.165) is 5.84 Å². The highest BCUT2D eigenvalue weighted by molar-refractivity contribution is 7.13. The summed E-state index contributed by atoms with van der Waals surface area (Å²) in [5.41, 5.74) is 2.48. The third-order valence-corrected chi connectivity index (χ3v) is 5.91. The first-order valence-corrected chi connectivity index (χ1v) is 10.2. The lowest BCUT2D eigenvalue weighted by molar-refractivity contribution is -0.529. The van der Waals surface area contributed by atoms with Gasteiger partial charge in [0.1, 0.15) is 0 Å². The lowest BCUT2D eigenvalue weighted by atomic mass is 9.40. The molecular formula is C19H28BN3S. The molecule has 0 fully saturated rings. The van der Waals surface area contributed by atoms with Crippen molar-refractivity contribution >= 4 is 28.7 Å². The summed E-state index contributed by atoms with van der Waals surface area (Å²) >= 11 is 1.78. The predicted octanol–water partition coefficient (Wildman–Crippen LogP) is 5.11. The van der Waals surface area contributed by atoms with E-state index >= 15 is 0 Å². The first kappa shape index (κ1) is 17.2. The molecule has 0 amide bonds. The van der Waals surface area contributed by atoms with Gasteiger partial charge >= 0.3 is 6.42 Å². The van der Waals surface area contributed by atoms with Gasteiger partial charge in [0, 0.05) is 10.9 Å². The van der Waals surface area contributed by atoms with E-state index in [2.05, 4.69) is 66.4 Å². The predicted molar refractivity (Wildman–Crippen MR) is 106 cm³/mol. The summed E-state index contributed by atoms with van der Waals surface area (Å²) in [7, 11) is 0. The van der Waals surface area contributed by atoms with Crippen LogP contribution in [0.4, 0.5) is 5.13 Å². The van der Waals surface area contributed by atoms with Gasteiger partial charge in [0.05, 0.1) is 6.20 Å². The molecule has 1 aromatic carbocycles. The molecule has 24 heavy (non-hydrogen) atoms. The lowest BCUT2D eigenvalue weighted by Crippen LogP contribution is -2.66. The summed E-state index contributed by atoms with van der Waals surface area (Å²) in [5, 5.41) is 6.98. The van der Waals surface area contributed by atoms with Crippen LogP contribution in [0.3, 0.4) is 0 Å².